The number of ether oxygens (including phenoxy) is 1. The number of aromatic hydroxyl groups is 1. The number of hydrogen-bond acceptors (Lipinski definition) is 5. The molecule has 1 amide bonds. The SMILES string of the molecule is COc1cc(C2c3c(oc4c(C)cc(C)cc4c3=O)C(=O)N2Cc2ccccc2)cc(Br)c1O. The number of phenols is 1. The largest absolute Gasteiger partial charge is 0.503 e. The molecule has 0 saturated heterocycles. The Morgan fingerprint density at radius 3 is 2.53 bits per heavy atom. The quantitative estimate of drug-likeness (QED) is 0.377. The van der Waals surface area contributed by atoms with Gasteiger partial charge in [0.1, 0.15) is 5.58 Å². The van der Waals surface area contributed by atoms with Crippen LogP contribution in [-0.4, -0.2) is 23.0 Å². The summed E-state index contributed by atoms with van der Waals surface area (Å²) in [5, 5.41) is 10.8. The van der Waals surface area contributed by atoms with Gasteiger partial charge in [-0.2, -0.15) is 0 Å². The van der Waals surface area contributed by atoms with Crippen LogP contribution in [0.4, 0.5) is 0 Å². The Balaban J connectivity index is 1.79. The Bertz CT molecular complexity index is 1510. The molecule has 0 fully saturated rings. The molecule has 0 saturated carbocycles. The molecule has 7 heteroatoms. The molecule has 1 aliphatic heterocycles. The molecule has 6 nitrogen and oxygen atoms in total. The van der Waals surface area contributed by atoms with Crippen molar-refractivity contribution in [2.45, 2.75) is 26.4 Å². The van der Waals surface area contributed by atoms with Crippen LogP contribution in [-0.2, 0) is 6.54 Å². The number of nitrogens with zero attached hydrogens (tertiary/aromatic N) is 1. The van der Waals surface area contributed by atoms with E-state index in [1.807, 2.05) is 50.2 Å². The number of benzene rings is 3. The summed E-state index contributed by atoms with van der Waals surface area (Å²) in [5.41, 5.74) is 3.76. The number of methoxy groups -OCH3 is 1. The number of hydrogen-bond donors (Lipinski definition) is 1. The van der Waals surface area contributed by atoms with Crippen LogP contribution in [0.2, 0.25) is 0 Å². The van der Waals surface area contributed by atoms with Crippen molar-refractivity contribution in [1.29, 1.82) is 0 Å². The molecule has 0 spiro atoms. The Morgan fingerprint density at radius 2 is 1.82 bits per heavy atom. The van der Waals surface area contributed by atoms with Crippen molar-refractivity contribution in [3.05, 3.63) is 103 Å². The van der Waals surface area contributed by atoms with Gasteiger partial charge in [0.2, 0.25) is 5.76 Å². The van der Waals surface area contributed by atoms with E-state index in [0.29, 0.717) is 21.0 Å². The van der Waals surface area contributed by atoms with Crippen molar-refractivity contribution in [2.24, 2.45) is 0 Å². The first kappa shape index (κ1) is 22.2. The minimum atomic E-state index is -0.713. The van der Waals surface area contributed by atoms with Gasteiger partial charge >= 0.3 is 0 Å². The van der Waals surface area contributed by atoms with Crippen LogP contribution in [0.1, 0.15) is 44.4 Å². The van der Waals surface area contributed by atoms with Crippen molar-refractivity contribution >= 4 is 32.8 Å². The van der Waals surface area contributed by atoms with E-state index >= 15 is 0 Å². The molecule has 0 bridgehead atoms. The Hall–Kier alpha value is -3.58. The smallest absolute Gasteiger partial charge is 0.291 e. The monoisotopic (exact) mass is 519 g/mol. The van der Waals surface area contributed by atoms with Gasteiger partial charge < -0.3 is 19.2 Å². The van der Waals surface area contributed by atoms with E-state index in [9.17, 15) is 14.7 Å². The van der Waals surface area contributed by atoms with Crippen LogP contribution >= 0.6 is 15.9 Å². The molecule has 1 aromatic heterocycles. The molecular formula is C27H22BrNO5. The standard InChI is InChI=1S/C27H22BrNO5/c1-14-9-15(2)25-18(10-14)23(30)21-22(17-11-19(28)24(31)20(12-17)33-3)29(27(32)26(21)34-25)13-16-7-5-4-6-8-16/h4-12,22,31H,13H2,1-3H3. The molecule has 4 aromatic rings. The Kier molecular flexibility index (Phi) is 5.44. The summed E-state index contributed by atoms with van der Waals surface area (Å²) in [4.78, 5) is 29.1. The molecular weight excluding hydrogens is 498 g/mol. The molecule has 5 rings (SSSR count). The van der Waals surface area contributed by atoms with E-state index in [2.05, 4.69) is 15.9 Å². The van der Waals surface area contributed by atoms with Crippen molar-refractivity contribution in [1.82, 2.24) is 4.90 Å². The van der Waals surface area contributed by atoms with Gasteiger partial charge in [-0.25, -0.2) is 0 Å². The number of carbonyl (C=O) groups is 1. The summed E-state index contributed by atoms with van der Waals surface area (Å²) in [6.45, 7) is 4.07. The lowest BCUT2D eigenvalue weighted by molar-refractivity contribution is 0.0714. The van der Waals surface area contributed by atoms with E-state index in [-0.39, 0.29) is 40.7 Å². The highest BCUT2D eigenvalue weighted by Crippen LogP contribution is 2.44. The maximum atomic E-state index is 13.8. The second-order valence-corrected chi connectivity index (χ2v) is 9.36. The summed E-state index contributed by atoms with van der Waals surface area (Å²) in [5.74, 6) is -0.122. The number of phenolic OH excluding ortho intramolecular Hbond substituents is 1. The summed E-state index contributed by atoms with van der Waals surface area (Å²) >= 11 is 3.37. The second kappa shape index (κ2) is 8.33. The zero-order valence-electron chi connectivity index (χ0n) is 18.9. The predicted octanol–water partition coefficient (Wildman–Crippen LogP) is 5.63. The third-order valence-corrected chi connectivity index (χ3v) is 6.78. The Morgan fingerprint density at radius 1 is 1.09 bits per heavy atom. The zero-order valence-corrected chi connectivity index (χ0v) is 20.5. The minimum Gasteiger partial charge on any atom is -0.503 e. The molecule has 0 aliphatic carbocycles. The summed E-state index contributed by atoms with van der Waals surface area (Å²) in [6, 6.07) is 15.9. The lowest BCUT2D eigenvalue weighted by atomic mass is 9.97. The van der Waals surface area contributed by atoms with Gasteiger partial charge in [0.05, 0.1) is 28.6 Å². The molecule has 34 heavy (non-hydrogen) atoms. The average Bonchev–Trinajstić information content (AvgIpc) is 3.09. The molecule has 0 radical (unpaired) electrons. The number of halogens is 1. The Labute approximate surface area is 204 Å². The molecule has 172 valence electrons. The van der Waals surface area contributed by atoms with E-state index in [0.717, 1.165) is 16.7 Å². The predicted molar refractivity (Wildman–Crippen MR) is 132 cm³/mol. The highest BCUT2D eigenvalue weighted by atomic mass is 79.9. The first-order valence-corrected chi connectivity index (χ1v) is 11.6. The van der Waals surface area contributed by atoms with Gasteiger partial charge in [-0.15, -0.1) is 0 Å². The van der Waals surface area contributed by atoms with E-state index in [1.54, 1.807) is 23.1 Å². The fourth-order valence-electron chi connectivity index (χ4n) is 4.67. The maximum Gasteiger partial charge on any atom is 0.291 e. The maximum absolute atomic E-state index is 13.8. The van der Waals surface area contributed by atoms with Crippen molar-refractivity contribution in [2.75, 3.05) is 7.11 Å². The lowest BCUT2D eigenvalue weighted by Crippen LogP contribution is -2.29. The number of amides is 1. The number of aryl methyl sites for hydroxylation is 2. The topological polar surface area (TPSA) is 80.0 Å². The summed E-state index contributed by atoms with van der Waals surface area (Å²) < 4.78 is 11.9. The third-order valence-electron chi connectivity index (χ3n) is 6.18. The molecule has 3 aromatic carbocycles. The summed E-state index contributed by atoms with van der Waals surface area (Å²) in [6.07, 6.45) is 0. The van der Waals surface area contributed by atoms with Gasteiger partial charge in [-0.1, -0.05) is 36.4 Å². The number of carbonyl (C=O) groups excluding carboxylic acids is 1. The van der Waals surface area contributed by atoms with Crippen LogP contribution < -0.4 is 10.2 Å². The van der Waals surface area contributed by atoms with E-state index in [1.165, 1.54) is 7.11 Å². The highest BCUT2D eigenvalue weighted by molar-refractivity contribution is 9.10. The third kappa shape index (κ3) is 3.47. The van der Waals surface area contributed by atoms with Gasteiger partial charge in [-0.05, 0) is 70.2 Å². The zero-order chi connectivity index (χ0) is 24.1. The van der Waals surface area contributed by atoms with Crippen LogP contribution in [0.5, 0.6) is 11.5 Å². The first-order chi connectivity index (χ1) is 16.3. The van der Waals surface area contributed by atoms with Gasteiger partial charge in [0, 0.05) is 6.54 Å². The second-order valence-electron chi connectivity index (χ2n) is 8.51. The molecule has 1 atom stereocenters. The van der Waals surface area contributed by atoms with Crippen LogP contribution in [0.15, 0.2) is 68.3 Å². The number of fused-ring (bicyclic) bond motifs is 2. The first-order valence-electron chi connectivity index (χ1n) is 10.8. The lowest BCUT2D eigenvalue weighted by Gasteiger charge is -2.26. The molecule has 1 aliphatic rings. The van der Waals surface area contributed by atoms with Gasteiger partial charge in [0.15, 0.2) is 16.9 Å². The normalized spacial score (nSPS) is 15.1. The highest BCUT2D eigenvalue weighted by Gasteiger charge is 2.43. The van der Waals surface area contributed by atoms with Gasteiger partial charge in [-0.3, -0.25) is 9.59 Å². The molecule has 1 unspecified atom stereocenters. The minimum absolute atomic E-state index is 0.0496. The van der Waals surface area contributed by atoms with Crippen molar-refractivity contribution < 1.29 is 19.1 Å². The van der Waals surface area contributed by atoms with Crippen LogP contribution in [0.25, 0.3) is 11.0 Å². The molecule has 1 N–H and O–H groups in total. The van der Waals surface area contributed by atoms with Crippen molar-refractivity contribution in [3.63, 3.8) is 0 Å². The van der Waals surface area contributed by atoms with E-state index in [4.69, 9.17) is 9.15 Å². The van der Waals surface area contributed by atoms with Crippen LogP contribution in [0, 0.1) is 13.8 Å². The molecule has 2 heterocycles. The average molecular weight is 520 g/mol. The van der Waals surface area contributed by atoms with Gasteiger partial charge in [0.25, 0.3) is 5.91 Å². The van der Waals surface area contributed by atoms with Crippen molar-refractivity contribution in [3.8, 4) is 11.5 Å². The number of rotatable bonds is 4. The van der Waals surface area contributed by atoms with E-state index < -0.39 is 6.04 Å². The van der Waals surface area contributed by atoms with Crippen LogP contribution in [0.3, 0.4) is 0 Å². The fourth-order valence-corrected chi connectivity index (χ4v) is 5.13. The summed E-state index contributed by atoms with van der Waals surface area (Å²) in [7, 11) is 1.45. The fraction of sp³-hybridized carbons (Fsp3) is 0.185.